The van der Waals surface area contributed by atoms with E-state index in [1.54, 1.807) is 0 Å². The van der Waals surface area contributed by atoms with E-state index in [-0.39, 0.29) is 6.54 Å². The van der Waals surface area contributed by atoms with E-state index in [2.05, 4.69) is 12.2 Å². The fourth-order valence-corrected chi connectivity index (χ4v) is 2.31. The Morgan fingerprint density at radius 2 is 2.13 bits per heavy atom. The van der Waals surface area contributed by atoms with Crippen molar-refractivity contribution in [1.82, 2.24) is 5.32 Å². The monoisotopic (exact) mass is 224 g/mol. The molecule has 0 aromatic carbocycles. The highest BCUT2D eigenvalue weighted by molar-refractivity contribution is 4.91. The predicted molar refractivity (Wildman–Crippen MR) is 53.5 cm³/mol. The number of alkyl halides is 3. The molecule has 15 heavy (non-hydrogen) atoms. The lowest BCUT2D eigenvalue weighted by Crippen LogP contribution is -2.52. The number of halogens is 3. The van der Waals surface area contributed by atoms with Crippen molar-refractivity contribution in [1.29, 1.82) is 0 Å². The first kappa shape index (κ1) is 12.8. The van der Waals surface area contributed by atoms with Crippen LogP contribution >= 0.6 is 0 Å². The average Bonchev–Trinajstić information content (AvgIpc) is 1.99. The lowest BCUT2D eigenvalue weighted by Gasteiger charge is -2.37. The molecule has 0 aromatic rings. The summed E-state index contributed by atoms with van der Waals surface area (Å²) in [5.41, 5.74) is 5.61. The van der Waals surface area contributed by atoms with Gasteiger partial charge in [0.1, 0.15) is 0 Å². The first-order valence-corrected chi connectivity index (χ1v) is 5.37. The van der Waals surface area contributed by atoms with Gasteiger partial charge >= 0.3 is 6.18 Å². The summed E-state index contributed by atoms with van der Waals surface area (Å²) in [4.78, 5) is 0. The molecule has 0 amide bonds. The Morgan fingerprint density at radius 1 is 1.47 bits per heavy atom. The Hall–Kier alpha value is -0.290. The molecule has 0 aromatic heterocycles. The van der Waals surface area contributed by atoms with Gasteiger partial charge in [-0.25, -0.2) is 0 Å². The van der Waals surface area contributed by atoms with Crippen LogP contribution in [-0.2, 0) is 0 Å². The van der Waals surface area contributed by atoms with E-state index in [4.69, 9.17) is 5.73 Å². The minimum Gasteiger partial charge on any atom is -0.324 e. The minimum atomic E-state index is -4.14. The lowest BCUT2D eigenvalue weighted by molar-refractivity contribution is -0.125. The number of rotatable bonds is 3. The molecule has 1 fully saturated rings. The van der Waals surface area contributed by atoms with Crippen molar-refractivity contribution < 1.29 is 13.2 Å². The van der Waals surface area contributed by atoms with E-state index in [0.29, 0.717) is 5.92 Å². The highest BCUT2D eigenvalue weighted by atomic mass is 19.4. The van der Waals surface area contributed by atoms with Crippen LogP contribution < -0.4 is 11.1 Å². The molecule has 2 unspecified atom stereocenters. The van der Waals surface area contributed by atoms with E-state index in [9.17, 15) is 13.2 Å². The van der Waals surface area contributed by atoms with E-state index in [0.717, 1.165) is 25.7 Å². The van der Waals surface area contributed by atoms with Crippen molar-refractivity contribution in [3.05, 3.63) is 0 Å². The third-order valence-corrected chi connectivity index (χ3v) is 2.93. The van der Waals surface area contributed by atoms with Crippen LogP contribution in [0.4, 0.5) is 13.2 Å². The molecule has 0 radical (unpaired) electrons. The van der Waals surface area contributed by atoms with Gasteiger partial charge in [-0.3, -0.25) is 0 Å². The largest absolute Gasteiger partial charge is 0.401 e. The molecule has 0 bridgehead atoms. The molecule has 1 rings (SSSR count). The SMILES string of the molecule is CC1CCCC(N)(CNCC(F)(F)F)C1. The maximum Gasteiger partial charge on any atom is 0.401 e. The third kappa shape index (κ3) is 4.84. The fraction of sp³-hybridized carbons (Fsp3) is 1.00. The minimum absolute atomic E-state index is 0.261. The molecule has 2 nitrogen and oxygen atoms in total. The van der Waals surface area contributed by atoms with Gasteiger partial charge in [-0.15, -0.1) is 0 Å². The Labute approximate surface area is 88.4 Å². The van der Waals surface area contributed by atoms with Gasteiger partial charge in [0.2, 0.25) is 0 Å². The van der Waals surface area contributed by atoms with Gasteiger partial charge in [-0.05, 0) is 18.8 Å². The average molecular weight is 224 g/mol. The normalized spacial score (nSPS) is 33.0. The Bertz CT molecular complexity index is 205. The molecule has 0 heterocycles. The summed E-state index contributed by atoms with van der Waals surface area (Å²) >= 11 is 0. The Balaban J connectivity index is 2.30. The first-order valence-electron chi connectivity index (χ1n) is 5.37. The van der Waals surface area contributed by atoms with E-state index < -0.39 is 18.3 Å². The van der Waals surface area contributed by atoms with Gasteiger partial charge in [0, 0.05) is 12.1 Å². The van der Waals surface area contributed by atoms with Crippen molar-refractivity contribution in [3.8, 4) is 0 Å². The van der Waals surface area contributed by atoms with E-state index >= 15 is 0 Å². The number of hydrogen-bond acceptors (Lipinski definition) is 2. The number of hydrogen-bond donors (Lipinski definition) is 2. The summed E-state index contributed by atoms with van der Waals surface area (Å²) in [5, 5.41) is 2.41. The zero-order valence-electron chi connectivity index (χ0n) is 9.03. The molecule has 0 saturated heterocycles. The molecule has 1 aliphatic carbocycles. The molecular formula is C10H19F3N2. The van der Waals surface area contributed by atoms with Crippen molar-refractivity contribution >= 4 is 0 Å². The van der Waals surface area contributed by atoms with Crippen molar-refractivity contribution in [3.63, 3.8) is 0 Å². The topological polar surface area (TPSA) is 38.0 Å². The van der Waals surface area contributed by atoms with E-state index in [1.807, 2.05) is 0 Å². The molecule has 3 N–H and O–H groups in total. The molecule has 5 heteroatoms. The third-order valence-electron chi connectivity index (χ3n) is 2.93. The zero-order chi connectivity index (χ0) is 11.5. The van der Waals surface area contributed by atoms with Crippen LogP contribution in [-0.4, -0.2) is 24.8 Å². The van der Waals surface area contributed by atoms with Gasteiger partial charge in [-0.2, -0.15) is 13.2 Å². The number of nitrogens with one attached hydrogen (secondary N) is 1. The van der Waals surface area contributed by atoms with Gasteiger partial charge in [0.05, 0.1) is 6.54 Å². The summed E-state index contributed by atoms with van der Waals surface area (Å²) < 4.78 is 35.7. The van der Waals surface area contributed by atoms with Gasteiger partial charge < -0.3 is 11.1 Å². The fourth-order valence-electron chi connectivity index (χ4n) is 2.31. The standard InChI is InChI=1S/C10H19F3N2/c1-8-3-2-4-9(14,5-8)6-15-7-10(11,12)13/h8,15H,2-7,14H2,1H3. The van der Waals surface area contributed by atoms with Crippen molar-refractivity contribution in [2.75, 3.05) is 13.1 Å². The van der Waals surface area contributed by atoms with Gasteiger partial charge in [0.15, 0.2) is 0 Å². The van der Waals surface area contributed by atoms with Crippen molar-refractivity contribution in [2.45, 2.75) is 44.3 Å². The first-order chi connectivity index (χ1) is 6.81. The quantitative estimate of drug-likeness (QED) is 0.770. The number of nitrogens with two attached hydrogens (primary N) is 1. The molecule has 0 aliphatic heterocycles. The maximum atomic E-state index is 11.9. The highest BCUT2D eigenvalue weighted by Crippen LogP contribution is 2.29. The van der Waals surface area contributed by atoms with Crippen LogP contribution in [0.15, 0.2) is 0 Å². The molecule has 1 saturated carbocycles. The van der Waals surface area contributed by atoms with Crippen LogP contribution in [0, 0.1) is 5.92 Å². The van der Waals surface area contributed by atoms with Gasteiger partial charge in [-0.1, -0.05) is 19.8 Å². The molecular weight excluding hydrogens is 205 g/mol. The molecule has 1 aliphatic rings. The predicted octanol–water partition coefficient (Wildman–Crippen LogP) is 2.05. The van der Waals surface area contributed by atoms with Crippen molar-refractivity contribution in [2.24, 2.45) is 11.7 Å². The summed E-state index contributed by atoms with van der Waals surface area (Å²) in [6.45, 7) is 1.42. The van der Waals surface area contributed by atoms with Crippen LogP contribution in [0.3, 0.4) is 0 Å². The molecule has 90 valence electrons. The Kier molecular flexibility index (Phi) is 4.00. The second-order valence-electron chi connectivity index (χ2n) is 4.78. The van der Waals surface area contributed by atoms with E-state index in [1.165, 1.54) is 0 Å². The van der Waals surface area contributed by atoms with Gasteiger partial charge in [0.25, 0.3) is 0 Å². The molecule has 0 spiro atoms. The summed E-state index contributed by atoms with van der Waals surface area (Å²) in [6, 6.07) is 0. The Morgan fingerprint density at radius 3 is 2.67 bits per heavy atom. The summed E-state index contributed by atoms with van der Waals surface area (Å²) in [7, 11) is 0. The second kappa shape index (κ2) is 4.70. The second-order valence-corrected chi connectivity index (χ2v) is 4.78. The summed E-state index contributed by atoms with van der Waals surface area (Å²) in [6.07, 6.45) is -0.347. The maximum absolute atomic E-state index is 11.9. The highest BCUT2D eigenvalue weighted by Gasteiger charge is 2.33. The zero-order valence-corrected chi connectivity index (χ0v) is 9.03. The van der Waals surface area contributed by atoms with Crippen LogP contribution in [0.5, 0.6) is 0 Å². The summed E-state index contributed by atoms with van der Waals surface area (Å²) in [5.74, 6) is 0.524. The van der Waals surface area contributed by atoms with Crippen LogP contribution in [0.25, 0.3) is 0 Å². The van der Waals surface area contributed by atoms with Crippen LogP contribution in [0.1, 0.15) is 32.6 Å². The smallest absolute Gasteiger partial charge is 0.324 e. The van der Waals surface area contributed by atoms with Crippen LogP contribution in [0.2, 0.25) is 0 Å². The molecule has 2 atom stereocenters. The lowest BCUT2D eigenvalue weighted by atomic mass is 9.77.